The summed E-state index contributed by atoms with van der Waals surface area (Å²) in [4.78, 5) is 3.62. The van der Waals surface area contributed by atoms with Crippen molar-refractivity contribution in [3.05, 3.63) is 28.0 Å². The molecule has 1 nitrogen and oxygen atoms in total. The molecule has 0 bridgehead atoms. The standard InChI is InChI=1S/C7H4BrClF3N/c8-6-5(7(10,11)12)2-1-4(3-9)13-6/h1-2H,3H2. The molecule has 0 spiro atoms. The van der Waals surface area contributed by atoms with Crippen molar-refractivity contribution in [2.75, 3.05) is 0 Å². The van der Waals surface area contributed by atoms with Crippen LogP contribution in [0.25, 0.3) is 0 Å². The van der Waals surface area contributed by atoms with Crippen LogP contribution in [0.5, 0.6) is 0 Å². The first-order valence-electron chi connectivity index (χ1n) is 3.23. The Hall–Kier alpha value is -0.290. The molecule has 0 radical (unpaired) electrons. The zero-order valence-corrected chi connectivity index (χ0v) is 8.54. The van der Waals surface area contributed by atoms with Crippen molar-refractivity contribution < 1.29 is 13.2 Å². The van der Waals surface area contributed by atoms with Gasteiger partial charge in [-0.2, -0.15) is 13.2 Å². The van der Waals surface area contributed by atoms with Crippen LogP contribution in [-0.4, -0.2) is 4.98 Å². The van der Waals surface area contributed by atoms with E-state index in [9.17, 15) is 13.2 Å². The summed E-state index contributed by atoms with van der Waals surface area (Å²) in [7, 11) is 0. The minimum Gasteiger partial charge on any atom is -0.244 e. The highest BCUT2D eigenvalue weighted by Crippen LogP contribution is 2.33. The average molecular weight is 274 g/mol. The van der Waals surface area contributed by atoms with Crippen LogP contribution in [-0.2, 0) is 12.1 Å². The van der Waals surface area contributed by atoms with Crippen LogP contribution < -0.4 is 0 Å². The fourth-order valence-corrected chi connectivity index (χ4v) is 1.49. The monoisotopic (exact) mass is 273 g/mol. The fraction of sp³-hybridized carbons (Fsp3) is 0.286. The lowest BCUT2D eigenvalue weighted by Gasteiger charge is -2.08. The van der Waals surface area contributed by atoms with Crippen molar-refractivity contribution in [2.24, 2.45) is 0 Å². The van der Waals surface area contributed by atoms with E-state index in [1.54, 1.807) is 0 Å². The second-order valence-electron chi connectivity index (χ2n) is 2.27. The number of nitrogens with zero attached hydrogens (tertiary/aromatic N) is 1. The van der Waals surface area contributed by atoms with Gasteiger partial charge in [-0.15, -0.1) is 11.6 Å². The smallest absolute Gasteiger partial charge is 0.244 e. The molecule has 0 atom stereocenters. The van der Waals surface area contributed by atoms with Crippen LogP contribution in [0.4, 0.5) is 13.2 Å². The van der Waals surface area contributed by atoms with Crippen LogP contribution >= 0.6 is 27.5 Å². The van der Waals surface area contributed by atoms with Crippen molar-refractivity contribution in [3.63, 3.8) is 0 Å². The second-order valence-corrected chi connectivity index (χ2v) is 3.29. The highest BCUT2D eigenvalue weighted by molar-refractivity contribution is 9.10. The molecule has 1 heterocycles. The Morgan fingerprint density at radius 3 is 2.38 bits per heavy atom. The third kappa shape index (κ3) is 2.57. The van der Waals surface area contributed by atoms with E-state index in [0.717, 1.165) is 6.07 Å². The summed E-state index contributed by atoms with van der Waals surface area (Å²) in [6.07, 6.45) is -4.38. The van der Waals surface area contributed by atoms with Crippen LogP contribution in [0.15, 0.2) is 16.7 Å². The SMILES string of the molecule is FC(F)(F)c1ccc(CCl)nc1Br. The zero-order valence-electron chi connectivity index (χ0n) is 6.20. The Kier molecular flexibility index (Phi) is 3.18. The summed E-state index contributed by atoms with van der Waals surface area (Å²) in [5.74, 6) is 0.0940. The van der Waals surface area contributed by atoms with E-state index >= 15 is 0 Å². The van der Waals surface area contributed by atoms with Gasteiger partial charge in [-0.05, 0) is 28.1 Å². The number of rotatable bonds is 1. The van der Waals surface area contributed by atoms with Crippen LogP contribution in [0.1, 0.15) is 11.3 Å². The predicted octanol–water partition coefficient (Wildman–Crippen LogP) is 3.60. The Labute approximate surface area is 86.0 Å². The number of alkyl halides is 4. The first-order chi connectivity index (χ1) is 5.95. The van der Waals surface area contributed by atoms with Crippen LogP contribution in [0.3, 0.4) is 0 Å². The van der Waals surface area contributed by atoms with E-state index in [4.69, 9.17) is 11.6 Å². The maximum Gasteiger partial charge on any atom is 0.419 e. The van der Waals surface area contributed by atoms with Crippen molar-refractivity contribution in [1.29, 1.82) is 0 Å². The zero-order chi connectivity index (χ0) is 10.1. The lowest BCUT2D eigenvalue weighted by Crippen LogP contribution is -2.07. The number of aromatic nitrogens is 1. The molecule has 0 unspecified atom stereocenters. The highest BCUT2D eigenvalue weighted by atomic mass is 79.9. The molecule has 0 saturated carbocycles. The van der Waals surface area contributed by atoms with Gasteiger partial charge in [0, 0.05) is 0 Å². The molecule has 13 heavy (non-hydrogen) atoms. The average Bonchev–Trinajstić information content (AvgIpc) is 2.01. The minimum atomic E-state index is -4.38. The van der Waals surface area contributed by atoms with Gasteiger partial charge in [0.1, 0.15) is 4.60 Å². The van der Waals surface area contributed by atoms with Crippen molar-refractivity contribution >= 4 is 27.5 Å². The predicted molar refractivity (Wildman–Crippen MR) is 46.5 cm³/mol. The van der Waals surface area contributed by atoms with Gasteiger partial charge in [0.25, 0.3) is 0 Å². The number of hydrogen-bond donors (Lipinski definition) is 0. The van der Waals surface area contributed by atoms with Gasteiger partial charge >= 0.3 is 6.18 Å². The molecule has 0 amide bonds. The summed E-state index contributed by atoms with van der Waals surface area (Å²) >= 11 is 8.13. The maximum absolute atomic E-state index is 12.2. The largest absolute Gasteiger partial charge is 0.419 e. The molecule has 1 aromatic heterocycles. The Morgan fingerprint density at radius 1 is 1.38 bits per heavy atom. The molecular formula is C7H4BrClF3N. The fourth-order valence-electron chi connectivity index (χ4n) is 0.758. The van der Waals surface area contributed by atoms with Gasteiger partial charge in [0.05, 0.1) is 17.1 Å². The summed E-state index contributed by atoms with van der Waals surface area (Å²) in [5, 5.41) is 0. The molecule has 0 N–H and O–H groups in total. The number of hydrogen-bond acceptors (Lipinski definition) is 1. The molecular weight excluding hydrogens is 270 g/mol. The minimum absolute atomic E-state index is 0.0940. The van der Waals surface area contributed by atoms with E-state index in [1.165, 1.54) is 6.07 Å². The van der Waals surface area contributed by atoms with Crippen LogP contribution in [0.2, 0.25) is 0 Å². The number of halogens is 5. The molecule has 0 saturated heterocycles. The molecule has 72 valence electrons. The molecule has 1 rings (SSSR count). The van der Waals surface area contributed by atoms with Gasteiger partial charge in [0.2, 0.25) is 0 Å². The van der Waals surface area contributed by atoms with Gasteiger partial charge in [-0.25, -0.2) is 4.98 Å². The van der Waals surface area contributed by atoms with Crippen molar-refractivity contribution in [3.8, 4) is 0 Å². The Balaban J connectivity index is 3.13. The summed E-state index contributed by atoms with van der Waals surface area (Å²) in [5.41, 5.74) is -0.386. The third-order valence-electron chi connectivity index (χ3n) is 1.35. The van der Waals surface area contributed by atoms with Gasteiger partial charge < -0.3 is 0 Å². The van der Waals surface area contributed by atoms with Gasteiger partial charge in [-0.1, -0.05) is 0 Å². The summed E-state index contributed by atoms with van der Waals surface area (Å²) < 4.78 is 36.3. The van der Waals surface area contributed by atoms with Crippen molar-refractivity contribution in [2.45, 2.75) is 12.1 Å². The lowest BCUT2D eigenvalue weighted by molar-refractivity contribution is -0.138. The van der Waals surface area contributed by atoms with Gasteiger partial charge in [0.15, 0.2) is 0 Å². The van der Waals surface area contributed by atoms with E-state index in [2.05, 4.69) is 20.9 Å². The second kappa shape index (κ2) is 3.84. The maximum atomic E-state index is 12.2. The van der Waals surface area contributed by atoms with E-state index < -0.39 is 11.7 Å². The first-order valence-corrected chi connectivity index (χ1v) is 4.56. The molecule has 1 aromatic rings. The summed E-state index contributed by atoms with van der Waals surface area (Å²) in [6, 6.07) is 2.20. The third-order valence-corrected chi connectivity index (χ3v) is 2.23. The molecule has 6 heteroatoms. The molecule has 0 aliphatic carbocycles. The first kappa shape index (κ1) is 10.8. The molecule has 0 aliphatic rings. The lowest BCUT2D eigenvalue weighted by atomic mass is 10.2. The van der Waals surface area contributed by atoms with Crippen LogP contribution in [0, 0.1) is 0 Å². The topological polar surface area (TPSA) is 12.9 Å². The van der Waals surface area contributed by atoms with E-state index in [0.29, 0.717) is 5.69 Å². The Bertz CT molecular complexity index is 313. The highest BCUT2D eigenvalue weighted by Gasteiger charge is 2.33. The molecule has 0 aromatic carbocycles. The van der Waals surface area contributed by atoms with Gasteiger partial charge in [-0.3, -0.25) is 0 Å². The Morgan fingerprint density at radius 2 is 2.00 bits per heavy atom. The van der Waals surface area contributed by atoms with E-state index in [-0.39, 0.29) is 10.5 Å². The quantitative estimate of drug-likeness (QED) is 0.563. The molecule has 0 fully saturated rings. The van der Waals surface area contributed by atoms with Crippen molar-refractivity contribution in [1.82, 2.24) is 4.98 Å². The normalized spacial score (nSPS) is 11.8. The van der Waals surface area contributed by atoms with E-state index in [1.807, 2.05) is 0 Å². The molecule has 0 aliphatic heterocycles. The summed E-state index contributed by atoms with van der Waals surface area (Å²) in [6.45, 7) is 0. The number of pyridine rings is 1.